The molecule has 3 aliphatic rings. The Labute approximate surface area is 151 Å². The molecule has 0 saturated heterocycles. The van der Waals surface area contributed by atoms with Crippen molar-refractivity contribution in [3.05, 3.63) is 22.8 Å². The summed E-state index contributed by atoms with van der Waals surface area (Å²) < 4.78 is 5.57. The highest BCUT2D eigenvalue weighted by atomic mass is 35.5. The van der Waals surface area contributed by atoms with Gasteiger partial charge in [0.15, 0.2) is 0 Å². The van der Waals surface area contributed by atoms with Crippen LogP contribution in [0.15, 0.2) is 22.8 Å². The van der Waals surface area contributed by atoms with Crippen molar-refractivity contribution in [1.82, 2.24) is 4.90 Å². The fraction of sp³-hybridized carbons (Fsp3) is 0.750. The van der Waals surface area contributed by atoms with Crippen LogP contribution in [0.5, 0.6) is 0 Å². The van der Waals surface area contributed by atoms with Gasteiger partial charge in [0.25, 0.3) is 0 Å². The zero-order valence-electron chi connectivity index (χ0n) is 15.0. The van der Waals surface area contributed by atoms with Gasteiger partial charge in [0.05, 0.1) is 0 Å². The first-order valence-corrected chi connectivity index (χ1v) is 10.1. The highest BCUT2D eigenvalue weighted by Gasteiger charge is 2.48. The van der Waals surface area contributed by atoms with Gasteiger partial charge in [-0.25, -0.2) is 0 Å². The smallest absolute Gasteiger partial charge is 0.317 e. The predicted octanol–water partition coefficient (Wildman–Crippen LogP) is 4.32. The normalized spacial score (nSPS) is 29.3. The van der Waals surface area contributed by atoms with Crippen LogP contribution in [0.25, 0.3) is 0 Å². The Kier molecular flexibility index (Phi) is 6.04. The van der Waals surface area contributed by atoms with E-state index in [2.05, 4.69) is 24.8 Å². The Hall–Kier alpha value is -0.800. The van der Waals surface area contributed by atoms with E-state index in [1.54, 1.807) is 0 Å². The number of carbonyl (C=O) groups is 1. The van der Waals surface area contributed by atoms with Gasteiger partial charge in [-0.3, -0.25) is 4.79 Å². The molecule has 24 heavy (non-hydrogen) atoms. The van der Waals surface area contributed by atoms with E-state index in [-0.39, 0.29) is 17.3 Å². The van der Waals surface area contributed by atoms with Gasteiger partial charge in [-0.2, -0.15) is 0 Å². The van der Waals surface area contributed by atoms with E-state index in [1.807, 2.05) is 0 Å². The lowest BCUT2D eigenvalue weighted by molar-refractivity contribution is -0.145. The van der Waals surface area contributed by atoms with Crippen LogP contribution in [-0.4, -0.2) is 42.5 Å². The first-order valence-electron chi connectivity index (χ1n) is 9.63. The molecule has 0 aromatic heterocycles. The minimum absolute atomic E-state index is 0.0399. The molecule has 0 aromatic rings. The van der Waals surface area contributed by atoms with Crippen molar-refractivity contribution in [3.63, 3.8) is 0 Å². The zero-order valence-corrected chi connectivity index (χ0v) is 15.8. The molecule has 4 heteroatoms. The number of esters is 1. The Bertz CT molecular complexity index is 536. The number of nitrogens with zero attached hydrogens (tertiary/aromatic N) is 1. The largest absolute Gasteiger partial charge is 0.464 e. The molecule has 0 bridgehead atoms. The van der Waals surface area contributed by atoms with Crippen molar-refractivity contribution in [2.24, 2.45) is 11.8 Å². The molecule has 3 atom stereocenters. The number of ether oxygens (including phenoxy) is 1. The lowest BCUT2D eigenvalue weighted by Crippen LogP contribution is -2.28. The molecule has 3 rings (SSSR count). The van der Waals surface area contributed by atoms with Crippen LogP contribution in [0.4, 0.5) is 0 Å². The molecule has 0 heterocycles. The number of alkyl halides is 1. The predicted molar refractivity (Wildman–Crippen MR) is 98.2 cm³/mol. The number of hydrogen-bond donors (Lipinski definition) is 0. The van der Waals surface area contributed by atoms with Gasteiger partial charge in [0.2, 0.25) is 0 Å². The second-order valence-corrected chi connectivity index (χ2v) is 7.73. The second kappa shape index (κ2) is 8.05. The number of carbonyl (C=O) groups excluding carboxylic acids is 1. The van der Waals surface area contributed by atoms with Crippen LogP contribution in [0.3, 0.4) is 0 Å². The number of likely N-dealkylation sites (N-methyl/N-ethyl adjacent to an activating group) is 1. The molecule has 0 N–H and O–H groups in total. The van der Waals surface area contributed by atoms with E-state index in [4.69, 9.17) is 16.3 Å². The summed E-state index contributed by atoms with van der Waals surface area (Å²) in [5, 5.41) is 0.233. The summed E-state index contributed by atoms with van der Waals surface area (Å²) >= 11 is 6.59. The first kappa shape index (κ1) is 18.0. The van der Waals surface area contributed by atoms with E-state index in [0.29, 0.717) is 12.5 Å². The lowest BCUT2D eigenvalue weighted by Gasteiger charge is -2.29. The molecule has 3 unspecified atom stereocenters. The average Bonchev–Trinajstić information content (AvgIpc) is 3.34. The van der Waals surface area contributed by atoms with Gasteiger partial charge in [-0.1, -0.05) is 32.8 Å². The maximum absolute atomic E-state index is 12.5. The zero-order chi connectivity index (χ0) is 17.1. The molecule has 1 fully saturated rings. The Morgan fingerprint density at radius 2 is 2.04 bits per heavy atom. The summed E-state index contributed by atoms with van der Waals surface area (Å²) in [4.78, 5) is 14.8. The third kappa shape index (κ3) is 3.72. The van der Waals surface area contributed by atoms with Crippen molar-refractivity contribution >= 4 is 17.6 Å². The summed E-state index contributed by atoms with van der Waals surface area (Å²) in [7, 11) is 0. The number of rotatable bonds is 7. The molecule has 0 radical (unpaired) electrons. The van der Waals surface area contributed by atoms with E-state index >= 15 is 0 Å². The summed E-state index contributed by atoms with van der Waals surface area (Å²) in [5.41, 5.74) is 3.99. The molecule has 134 valence electrons. The SMILES string of the molecule is CCN(CC)CCOC(=O)C1C2=C1C(C1CCCCC1Cl)=CCC2. The molecule has 3 nitrogen and oxygen atoms in total. The van der Waals surface area contributed by atoms with Crippen molar-refractivity contribution in [1.29, 1.82) is 0 Å². The van der Waals surface area contributed by atoms with Crippen LogP contribution < -0.4 is 0 Å². The van der Waals surface area contributed by atoms with Crippen LogP contribution in [0.2, 0.25) is 0 Å². The Morgan fingerprint density at radius 3 is 2.75 bits per heavy atom. The highest BCUT2D eigenvalue weighted by molar-refractivity contribution is 6.21. The summed E-state index contributed by atoms with van der Waals surface area (Å²) in [6.45, 7) is 7.59. The van der Waals surface area contributed by atoms with Gasteiger partial charge < -0.3 is 9.64 Å². The van der Waals surface area contributed by atoms with Gasteiger partial charge >= 0.3 is 5.97 Å². The minimum atomic E-state index is -0.0544. The van der Waals surface area contributed by atoms with Gasteiger partial charge in [0.1, 0.15) is 12.5 Å². The molecule has 3 aliphatic carbocycles. The molecule has 0 aliphatic heterocycles. The van der Waals surface area contributed by atoms with E-state index in [0.717, 1.165) is 38.9 Å². The molecule has 0 spiro atoms. The van der Waals surface area contributed by atoms with Crippen molar-refractivity contribution in [3.8, 4) is 0 Å². The number of halogens is 1. The van der Waals surface area contributed by atoms with E-state index in [1.165, 1.54) is 36.0 Å². The van der Waals surface area contributed by atoms with Crippen LogP contribution in [-0.2, 0) is 9.53 Å². The standard InChI is InChI=1S/C20H30ClNO2/c1-3-22(4-2)12-13-24-20(23)19-16-10-7-9-15(18(16)19)14-8-5-6-11-17(14)21/h9,14,17,19H,3-8,10-13H2,1-2H3. The summed E-state index contributed by atoms with van der Waals surface area (Å²) in [6.07, 6.45) is 9.18. The quantitative estimate of drug-likeness (QED) is 0.505. The molecule has 1 saturated carbocycles. The number of allylic oxidation sites excluding steroid dienone is 2. The highest BCUT2D eigenvalue weighted by Crippen LogP contribution is 2.54. The fourth-order valence-electron chi connectivity index (χ4n) is 4.34. The van der Waals surface area contributed by atoms with Gasteiger partial charge in [-0.05, 0) is 55.5 Å². The topological polar surface area (TPSA) is 29.5 Å². The average molecular weight is 352 g/mol. The van der Waals surface area contributed by atoms with Gasteiger partial charge in [0, 0.05) is 17.8 Å². The van der Waals surface area contributed by atoms with Gasteiger partial charge in [-0.15, -0.1) is 11.6 Å². The fourth-order valence-corrected chi connectivity index (χ4v) is 4.75. The lowest BCUT2D eigenvalue weighted by atomic mass is 9.80. The molecule has 0 amide bonds. The van der Waals surface area contributed by atoms with Crippen LogP contribution >= 0.6 is 11.6 Å². The van der Waals surface area contributed by atoms with Crippen molar-refractivity contribution < 1.29 is 9.53 Å². The first-order chi connectivity index (χ1) is 11.7. The second-order valence-electron chi connectivity index (χ2n) is 7.17. The van der Waals surface area contributed by atoms with Crippen molar-refractivity contribution in [2.75, 3.05) is 26.2 Å². The number of hydrogen-bond acceptors (Lipinski definition) is 3. The monoisotopic (exact) mass is 351 g/mol. The van der Waals surface area contributed by atoms with Crippen LogP contribution in [0, 0.1) is 11.8 Å². The Morgan fingerprint density at radius 1 is 1.29 bits per heavy atom. The summed E-state index contributed by atoms with van der Waals surface area (Å²) in [5.74, 6) is 0.349. The maximum Gasteiger partial charge on any atom is 0.317 e. The van der Waals surface area contributed by atoms with E-state index in [9.17, 15) is 4.79 Å². The van der Waals surface area contributed by atoms with Crippen LogP contribution in [0.1, 0.15) is 52.4 Å². The van der Waals surface area contributed by atoms with E-state index < -0.39 is 0 Å². The molecule has 0 aromatic carbocycles. The third-order valence-electron chi connectivity index (χ3n) is 5.85. The molecular weight excluding hydrogens is 322 g/mol. The maximum atomic E-state index is 12.5. The van der Waals surface area contributed by atoms with Crippen molar-refractivity contribution in [2.45, 2.75) is 57.7 Å². The Balaban J connectivity index is 1.54. The summed E-state index contributed by atoms with van der Waals surface area (Å²) in [6, 6.07) is 0. The third-order valence-corrected chi connectivity index (χ3v) is 6.37. The molecular formula is C20H30ClNO2. The minimum Gasteiger partial charge on any atom is -0.464 e.